The van der Waals surface area contributed by atoms with Crippen molar-refractivity contribution in [3.8, 4) is 5.69 Å². The number of para-hydroxylation sites is 2. The van der Waals surface area contributed by atoms with Crippen LogP contribution in [0.4, 0.5) is 0 Å². The van der Waals surface area contributed by atoms with Crippen molar-refractivity contribution in [3.63, 3.8) is 0 Å². The third-order valence-electron chi connectivity index (χ3n) is 7.14. The third kappa shape index (κ3) is 2.63. The Balaban J connectivity index is 1.70. The zero-order chi connectivity index (χ0) is 22.6. The average molecular weight is 437 g/mol. The molecule has 0 spiro atoms. The van der Waals surface area contributed by atoms with Gasteiger partial charge in [0.2, 0.25) is 0 Å². The van der Waals surface area contributed by atoms with E-state index in [2.05, 4.69) is 119 Å². The van der Waals surface area contributed by atoms with Gasteiger partial charge in [0, 0.05) is 32.9 Å². The first-order chi connectivity index (χ1) is 16.8. The highest BCUT2D eigenvalue weighted by atomic mass is 15.0. The van der Waals surface area contributed by atoms with Gasteiger partial charge in [-0.1, -0.05) is 79.4 Å². The Morgan fingerprint density at radius 3 is 2.15 bits per heavy atom. The summed E-state index contributed by atoms with van der Waals surface area (Å²) in [5.41, 5.74) is 8.68. The molecular formula is C32H24N2. The Hall–Kier alpha value is -4.30. The number of aromatic nitrogens is 2. The lowest BCUT2D eigenvalue weighted by molar-refractivity contribution is 0.979. The van der Waals surface area contributed by atoms with Crippen molar-refractivity contribution in [1.29, 1.82) is 0 Å². The van der Waals surface area contributed by atoms with E-state index in [1.54, 1.807) is 0 Å². The summed E-state index contributed by atoms with van der Waals surface area (Å²) in [4.78, 5) is 0. The topological polar surface area (TPSA) is 9.86 Å². The summed E-state index contributed by atoms with van der Waals surface area (Å²) in [6.45, 7) is 3.93. The number of rotatable bonds is 3. The first-order valence-corrected chi connectivity index (χ1v) is 11.9. The predicted octanol–water partition coefficient (Wildman–Crippen LogP) is 8.73. The van der Waals surface area contributed by atoms with Gasteiger partial charge in [-0.15, -0.1) is 0 Å². The van der Waals surface area contributed by atoms with Crippen LogP contribution < -0.4 is 0 Å². The van der Waals surface area contributed by atoms with Gasteiger partial charge in [-0.05, 0) is 54.8 Å². The van der Waals surface area contributed by atoms with Gasteiger partial charge in [0.1, 0.15) is 0 Å². The maximum Gasteiger partial charge on any atom is 0.0641 e. The van der Waals surface area contributed by atoms with Gasteiger partial charge in [0.05, 0.1) is 22.1 Å². The zero-order valence-corrected chi connectivity index (χ0v) is 18.9. The smallest absolute Gasteiger partial charge is 0.0641 e. The standard InChI is InChI=1S/C32H24N2/c1-2-22-16-18-24(19-17-22)34-28-14-8-6-12-25(28)26-20-21-30-31(32(26)34)27-13-7-9-15-29(27)33(30)23-10-4-3-5-11-23/h2-4,6-10,12-21H,1,5,11H2. The number of allylic oxidation sites excluding steroid dienone is 4. The van der Waals surface area contributed by atoms with Crippen LogP contribution in [0.5, 0.6) is 0 Å². The minimum atomic E-state index is 1.05. The number of hydrogen-bond donors (Lipinski definition) is 0. The molecule has 2 nitrogen and oxygen atoms in total. The summed E-state index contributed by atoms with van der Waals surface area (Å²) in [6.07, 6.45) is 10.7. The van der Waals surface area contributed by atoms with Gasteiger partial charge in [-0.25, -0.2) is 0 Å². The van der Waals surface area contributed by atoms with Crippen molar-refractivity contribution in [3.05, 3.63) is 115 Å². The Morgan fingerprint density at radius 1 is 0.676 bits per heavy atom. The highest BCUT2D eigenvalue weighted by Crippen LogP contribution is 2.42. The van der Waals surface area contributed by atoms with E-state index in [1.807, 2.05) is 6.08 Å². The maximum atomic E-state index is 3.93. The van der Waals surface area contributed by atoms with Gasteiger partial charge < -0.3 is 9.13 Å². The second-order valence-electron chi connectivity index (χ2n) is 8.98. The molecule has 0 saturated carbocycles. The van der Waals surface area contributed by atoms with Crippen LogP contribution in [-0.2, 0) is 0 Å². The molecule has 4 aromatic carbocycles. The van der Waals surface area contributed by atoms with E-state index >= 15 is 0 Å². The second kappa shape index (κ2) is 7.36. The molecule has 0 N–H and O–H groups in total. The molecule has 1 aliphatic carbocycles. The summed E-state index contributed by atoms with van der Waals surface area (Å²) < 4.78 is 4.90. The molecule has 0 aliphatic heterocycles. The van der Waals surface area contributed by atoms with Crippen LogP contribution in [0.25, 0.3) is 61.1 Å². The molecule has 0 bridgehead atoms. The van der Waals surface area contributed by atoms with Crippen LogP contribution in [0.2, 0.25) is 0 Å². The largest absolute Gasteiger partial charge is 0.313 e. The Labute approximate surface area is 198 Å². The number of benzene rings is 4. The zero-order valence-electron chi connectivity index (χ0n) is 18.9. The Morgan fingerprint density at radius 2 is 1.41 bits per heavy atom. The van der Waals surface area contributed by atoms with Crippen molar-refractivity contribution in [2.75, 3.05) is 0 Å². The molecule has 6 aromatic rings. The quantitative estimate of drug-likeness (QED) is 0.262. The molecule has 0 atom stereocenters. The van der Waals surface area contributed by atoms with E-state index in [0.29, 0.717) is 0 Å². The van der Waals surface area contributed by atoms with Crippen LogP contribution in [0, 0.1) is 0 Å². The fraction of sp³-hybridized carbons (Fsp3) is 0.0625. The van der Waals surface area contributed by atoms with E-state index in [9.17, 15) is 0 Å². The van der Waals surface area contributed by atoms with Crippen molar-refractivity contribution in [1.82, 2.24) is 9.13 Å². The lowest BCUT2D eigenvalue weighted by Crippen LogP contribution is -1.99. The van der Waals surface area contributed by atoms with Gasteiger partial charge in [0.25, 0.3) is 0 Å². The highest BCUT2D eigenvalue weighted by molar-refractivity contribution is 6.26. The monoisotopic (exact) mass is 436 g/mol. The van der Waals surface area contributed by atoms with Crippen LogP contribution >= 0.6 is 0 Å². The van der Waals surface area contributed by atoms with Crippen molar-refractivity contribution < 1.29 is 0 Å². The fourth-order valence-electron chi connectivity index (χ4n) is 5.62. The maximum absolute atomic E-state index is 3.93. The van der Waals surface area contributed by atoms with Gasteiger partial charge in [-0.2, -0.15) is 0 Å². The molecule has 0 saturated heterocycles. The summed E-state index contributed by atoms with van der Waals surface area (Å²) >= 11 is 0. The van der Waals surface area contributed by atoms with Crippen molar-refractivity contribution >= 4 is 55.4 Å². The van der Waals surface area contributed by atoms with Gasteiger partial charge in [0.15, 0.2) is 0 Å². The third-order valence-corrected chi connectivity index (χ3v) is 7.14. The lowest BCUT2D eigenvalue weighted by Gasteiger charge is -2.14. The summed E-state index contributed by atoms with van der Waals surface area (Å²) in [7, 11) is 0. The molecular weight excluding hydrogens is 412 g/mol. The molecule has 7 rings (SSSR count). The molecule has 2 aromatic heterocycles. The van der Waals surface area contributed by atoms with E-state index < -0.39 is 0 Å². The molecule has 0 radical (unpaired) electrons. The summed E-state index contributed by atoms with van der Waals surface area (Å²) in [6, 6.07) is 30.9. The van der Waals surface area contributed by atoms with E-state index in [0.717, 1.165) is 18.4 Å². The molecule has 2 heterocycles. The lowest BCUT2D eigenvalue weighted by atomic mass is 10.1. The predicted molar refractivity (Wildman–Crippen MR) is 147 cm³/mol. The first-order valence-electron chi connectivity index (χ1n) is 11.9. The molecule has 34 heavy (non-hydrogen) atoms. The minimum Gasteiger partial charge on any atom is -0.313 e. The Kier molecular flexibility index (Phi) is 4.16. The Bertz CT molecular complexity index is 1800. The highest BCUT2D eigenvalue weighted by Gasteiger charge is 2.21. The summed E-state index contributed by atoms with van der Waals surface area (Å²) in [5.74, 6) is 0. The van der Waals surface area contributed by atoms with Gasteiger partial charge in [-0.3, -0.25) is 0 Å². The SMILES string of the molecule is C=Cc1ccc(-n2c3ccccc3c3ccc4c(c5ccccc5n4C4=CC=CCC4)c32)cc1. The molecule has 1 aliphatic rings. The van der Waals surface area contributed by atoms with Crippen LogP contribution in [0.1, 0.15) is 18.4 Å². The van der Waals surface area contributed by atoms with E-state index in [1.165, 1.54) is 55.0 Å². The van der Waals surface area contributed by atoms with E-state index in [-0.39, 0.29) is 0 Å². The summed E-state index contributed by atoms with van der Waals surface area (Å²) in [5, 5.41) is 5.18. The van der Waals surface area contributed by atoms with Crippen LogP contribution in [-0.4, -0.2) is 9.13 Å². The number of nitrogens with zero attached hydrogens (tertiary/aromatic N) is 2. The number of hydrogen-bond acceptors (Lipinski definition) is 0. The van der Waals surface area contributed by atoms with Crippen molar-refractivity contribution in [2.24, 2.45) is 0 Å². The fourth-order valence-corrected chi connectivity index (χ4v) is 5.62. The molecule has 0 unspecified atom stereocenters. The molecule has 2 heteroatoms. The minimum absolute atomic E-state index is 1.05. The second-order valence-corrected chi connectivity index (χ2v) is 8.98. The molecule has 0 fully saturated rings. The normalized spacial score (nSPS) is 13.8. The van der Waals surface area contributed by atoms with Crippen LogP contribution in [0.3, 0.4) is 0 Å². The molecule has 162 valence electrons. The van der Waals surface area contributed by atoms with Crippen molar-refractivity contribution in [2.45, 2.75) is 12.8 Å². The molecule has 0 amide bonds. The first kappa shape index (κ1) is 19.2. The van der Waals surface area contributed by atoms with Crippen LogP contribution in [0.15, 0.2) is 110 Å². The number of fused-ring (bicyclic) bond motifs is 7. The average Bonchev–Trinajstić information content (AvgIpc) is 3.42. The van der Waals surface area contributed by atoms with E-state index in [4.69, 9.17) is 0 Å². The van der Waals surface area contributed by atoms with Gasteiger partial charge >= 0.3 is 0 Å².